The number of aromatic nitrogens is 2. The van der Waals surface area contributed by atoms with Crippen LogP contribution in [-0.2, 0) is 0 Å². The van der Waals surface area contributed by atoms with Crippen LogP contribution in [0.25, 0.3) is 11.5 Å². The first-order valence-electron chi connectivity index (χ1n) is 3.99. The van der Waals surface area contributed by atoms with E-state index in [4.69, 9.17) is 4.42 Å². The average molecular weight is 194 g/mol. The third-order valence-electron chi connectivity index (χ3n) is 1.87. The molecule has 72 valence electrons. The highest BCUT2D eigenvalue weighted by Gasteiger charge is 2.08. The summed E-state index contributed by atoms with van der Waals surface area (Å²) in [4.78, 5) is 10.7. The minimum Gasteiger partial charge on any atom is -0.388 e. The number of nitrogens with one attached hydrogen (secondary N) is 1. The van der Waals surface area contributed by atoms with Gasteiger partial charge < -0.3 is 4.42 Å². The quantitative estimate of drug-likeness (QED) is 0.747. The van der Waals surface area contributed by atoms with Crippen molar-refractivity contribution in [1.82, 2.24) is 10.2 Å². The average Bonchev–Trinajstić information content (AvgIpc) is 2.56. The zero-order valence-corrected chi connectivity index (χ0v) is 7.37. The molecule has 0 bridgehead atoms. The minimum atomic E-state index is -0.649. The molecule has 0 aliphatic rings. The molecule has 0 spiro atoms. The molecule has 0 atom stereocenters. The van der Waals surface area contributed by atoms with E-state index < -0.39 is 11.6 Å². The van der Waals surface area contributed by atoms with Crippen LogP contribution in [0.4, 0.5) is 4.39 Å². The number of rotatable bonds is 1. The Balaban J connectivity index is 2.61. The van der Waals surface area contributed by atoms with Crippen LogP contribution in [0.15, 0.2) is 27.4 Å². The number of H-pyrrole nitrogens is 1. The van der Waals surface area contributed by atoms with E-state index in [-0.39, 0.29) is 5.89 Å². The second-order valence-electron chi connectivity index (χ2n) is 2.88. The summed E-state index contributed by atoms with van der Waals surface area (Å²) in [6.07, 6.45) is 0. The van der Waals surface area contributed by atoms with E-state index in [9.17, 15) is 9.18 Å². The molecule has 5 heteroatoms. The Labute approximate surface area is 78.4 Å². The molecule has 0 amide bonds. The summed E-state index contributed by atoms with van der Waals surface area (Å²) >= 11 is 0. The van der Waals surface area contributed by atoms with E-state index in [2.05, 4.69) is 10.2 Å². The van der Waals surface area contributed by atoms with E-state index in [0.29, 0.717) is 5.56 Å². The molecule has 0 aliphatic carbocycles. The molecule has 0 saturated carbocycles. The summed E-state index contributed by atoms with van der Waals surface area (Å²) in [6, 6.07) is 4.21. The summed E-state index contributed by atoms with van der Waals surface area (Å²) in [6.45, 7) is 1.78. The van der Waals surface area contributed by atoms with E-state index in [0.717, 1.165) is 5.56 Å². The maximum Gasteiger partial charge on any atom is 0.434 e. The third-order valence-corrected chi connectivity index (χ3v) is 1.87. The Morgan fingerprint density at radius 1 is 1.50 bits per heavy atom. The molecule has 1 aromatic carbocycles. The zero-order chi connectivity index (χ0) is 10.1. The molecular formula is C9H7FN2O2. The number of hydrogen-bond donors (Lipinski definition) is 1. The lowest BCUT2D eigenvalue weighted by Gasteiger charge is -1.99. The van der Waals surface area contributed by atoms with Gasteiger partial charge in [-0.2, -0.15) is 0 Å². The topological polar surface area (TPSA) is 58.9 Å². The molecule has 0 fully saturated rings. The van der Waals surface area contributed by atoms with Gasteiger partial charge in [-0.1, -0.05) is 6.07 Å². The van der Waals surface area contributed by atoms with Crippen LogP contribution in [0.3, 0.4) is 0 Å². The maximum atomic E-state index is 12.9. The molecule has 2 aromatic rings. The van der Waals surface area contributed by atoms with Gasteiger partial charge in [-0.3, -0.25) is 0 Å². The lowest BCUT2D eigenvalue weighted by atomic mass is 10.1. The summed E-state index contributed by atoms with van der Waals surface area (Å²) in [5, 5.41) is 5.74. The predicted octanol–water partition coefficient (Wildman–Crippen LogP) is 1.48. The van der Waals surface area contributed by atoms with E-state index in [1.165, 1.54) is 12.1 Å². The van der Waals surface area contributed by atoms with E-state index >= 15 is 0 Å². The lowest BCUT2D eigenvalue weighted by Crippen LogP contribution is -1.93. The van der Waals surface area contributed by atoms with Crippen molar-refractivity contribution in [2.75, 3.05) is 0 Å². The van der Waals surface area contributed by atoms with Gasteiger partial charge >= 0.3 is 5.76 Å². The van der Waals surface area contributed by atoms with Crippen LogP contribution in [0, 0.1) is 12.7 Å². The summed E-state index contributed by atoms with van der Waals surface area (Å²) in [5.41, 5.74) is 1.27. The van der Waals surface area contributed by atoms with E-state index in [1.807, 2.05) is 0 Å². The van der Waals surface area contributed by atoms with Crippen molar-refractivity contribution in [2.24, 2.45) is 0 Å². The monoisotopic (exact) mass is 194 g/mol. The van der Waals surface area contributed by atoms with Gasteiger partial charge in [-0.05, 0) is 24.6 Å². The molecule has 0 radical (unpaired) electrons. The number of halogens is 1. The van der Waals surface area contributed by atoms with Gasteiger partial charge in [0.2, 0.25) is 5.89 Å². The van der Waals surface area contributed by atoms with Crippen molar-refractivity contribution in [3.05, 3.63) is 40.1 Å². The number of hydrogen-bond acceptors (Lipinski definition) is 3. The molecule has 2 rings (SSSR count). The Morgan fingerprint density at radius 2 is 2.29 bits per heavy atom. The van der Waals surface area contributed by atoms with Gasteiger partial charge in [0, 0.05) is 5.56 Å². The molecule has 1 aromatic heterocycles. The van der Waals surface area contributed by atoms with Crippen molar-refractivity contribution in [3.63, 3.8) is 0 Å². The lowest BCUT2D eigenvalue weighted by molar-refractivity contribution is 0.525. The van der Waals surface area contributed by atoms with Crippen LogP contribution >= 0.6 is 0 Å². The van der Waals surface area contributed by atoms with Gasteiger partial charge in [-0.25, -0.2) is 14.3 Å². The van der Waals surface area contributed by atoms with Gasteiger partial charge in [0.1, 0.15) is 5.82 Å². The van der Waals surface area contributed by atoms with Gasteiger partial charge in [0.05, 0.1) is 0 Å². The normalized spacial score (nSPS) is 10.4. The SMILES string of the molecule is Cc1ccc(F)cc1-c1n[nH]c(=O)o1. The first kappa shape index (κ1) is 8.68. The fourth-order valence-electron chi connectivity index (χ4n) is 1.17. The molecule has 0 saturated heterocycles. The molecule has 14 heavy (non-hydrogen) atoms. The van der Waals surface area contributed by atoms with Crippen LogP contribution in [0.1, 0.15) is 5.56 Å². The number of aromatic amines is 1. The van der Waals surface area contributed by atoms with Gasteiger partial charge in [0.25, 0.3) is 0 Å². The minimum absolute atomic E-state index is 0.104. The standard InChI is InChI=1S/C9H7FN2O2/c1-5-2-3-6(10)4-7(5)8-11-12-9(13)14-8/h2-4H,1H3,(H,12,13). The molecule has 1 heterocycles. The van der Waals surface area contributed by atoms with Crippen LogP contribution in [0.5, 0.6) is 0 Å². The third kappa shape index (κ3) is 1.44. The highest BCUT2D eigenvalue weighted by Crippen LogP contribution is 2.20. The number of nitrogens with zero attached hydrogens (tertiary/aromatic N) is 1. The largest absolute Gasteiger partial charge is 0.434 e. The number of aryl methyl sites for hydroxylation is 1. The van der Waals surface area contributed by atoms with E-state index in [1.54, 1.807) is 13.0 Å². The molecule has 0 unspecified atom stereocenters. The van der Waals surface area contributed by atoms with Crippen molar-refractivity contribution in [3.8, 4) is 11.5 Å². The second kappa shape index (κ2) is 3.10. The Bertz CT molecular complexity index is 516. The molecule has 1 N–H and O–H groups in total. The van der Waals surface area contributed by atoms with Crippen molar-refractivity contribution >= 4 is 0 Å². The van der Waals surface area contributed by atoms with Gasteiger partial charge in [-0.15, -0.1) is 5.10 Å². The summed E-state index contributed by atoms with van der Waals surface area (Å²) in [5.74, 6) is -0.938. The Kier molecular flexibility index (Phi) is 1.92. The zero-order valence-electron chi connectivity index (χ0n) is 7.37. The number of benzene rings is 1. The fraction of sp³-hybridized carbons (Fsp3) is 0.111. The van der Waals surface area contributed by atoms with Crippen LogP contribution in [0.2, 0.25) is 0 Å². The predicted molar refractivity (Wildman–Crippen MR) is 47.3 cm³/mol. The smallest absolute Gasteiger partial charge is 0.388 e. The van der Waals surface area contributed by atoms with Crippen molar-refractivity contribution in [2.45, 2.75) is 6.92 Å². The first-order chi connectivity index (χ1) is 6.66. The molecular weight excluding hydrogens is 187 g/mol. The van der Waals surface area contributed by atoms with Crippen molar-refractivity contribution in [1.29, 1.82) is 0 Å². The van der Waals surface area contributed by atoms with Crippen LogP contribution in [-0.4, -0.2) is 10.2 Å². The van der Waals surface area contributed by atoms with Gasteiger partial charge in [0.15, 0.2) is 0 Å². The maximum absolute atomic E-state index is 12.9. The Hall–Kier alpha value is -1.91. The molecule has 4 nitrogen and oxygen atoms in total. The highest BCUT2D eigenvalue weighted by atomic mass is 19.1. The second-order valence-corrected chi connectivity index (χ2v) is 2.88. The summed E-state index contributed by atoms with van der Waals surface area (Å²) in [7, 11) is 0. The fourth-order valence-corrected chi connectivity index (χ4v) is 1.17. The highest BCUT2D eigenvalue weighted by molar-refractivity contribution is 5.57. The molecule has 0 aliphatic heterocycles. The van der Waals surface area contributed by atoms with Crippen LogP contribution < -0.4 is 5.76 Å². The summed E-state index contributed by atoms with van der Waals surface area (Å²) < 4.78 is 17.6. The van der Waals surface area contributed by atoms with Crippen molar-refractivity contribution < 1.29 is 8.81 Å². The Morgan fingerprint density at radius 3 is 2.93 bits per heavy atom. The first-order valence-corrected chi connectivity index (χ1v) is 3.99.